The number of esters is 1. The molecule has 2 rings (SSSR count). The molecule has 0 aromatic rings. The van der Waals surface area contributed by atoms with Crippen molar-refractivity contribution in [3.8, 4) is 0 Å². The van der Waals surface area contributed by atoms with E-state index in [0.717, 1.165) is 12.8 Å². The molecule has 0 saturated carbocycles. The third kappa shape index (κ3) is 2.06. The summed E-state index contributed by atoms with van der Waals surface area (Å²) in [5, 5.41) is 0. The van der Waals surface area contributed by atoms with Crippen molar-refractivity contribution >= 4 is 11.8 Å². The van der Waals surface area contributed by atoms with Gasteiger partial charge in [-0.1, -0.05) is 24.6 Å². The maximum atomic E-state index is 11.9. The van der Waals surface area contributed by atoms with Crippen LogP contribution in [0.4, 0.5) is 0 Å². The molecule has 0 aromatic heterocycles. The van der Waals surface area contributed by atoms with Crippen LogP contribution in [0.5, 0.6) is 0 Å². The summed E-state index contributed by atoms with van der Waals surface area (Å²) in [6.07, 6.45) is 6.80. The fourth-order valence-corrected chi connectivity index (χ4v) is 2.78. The Kier molecular flexibility index (Phi) is 2.94. The van der Waals surface area contributed by atoms with Crippen LogP contribution >= 0.6 is 0 Å². The molecule has 2 aliphatic rings. The average Bonchev–Trinajstić information content (AvgIpc) is 2.25. The van der Waals surface area contributed by atoms with E-state index in [2.05, 4.69) is 13.0 Å². The quantitative estimate of drug-likeness (QED) is 0.517. The van der Waals surface area contributed by atoms with E-state index in [1.54, 1.807) is 6.08 Å². The Hall–Kier alpha value is -1.38. The second kappa shape index (κ2) is 4.13. The average molecular weight is 234 g/mol. The number of rotatable bonds is 1. The minimum atomic E-state index is -0.626. The second-order valence-corrected chi connectivity index (χ2v) is 5.32. The summed E-state index contributed by atoms with van der Waals surface area (Å²) in [4.78, 5) is 23.0. The lowest BCUT2D eigenvalue weighted by atomic mass is 9.62. The zero-order valence-corrected chi connectivity index (χ0v) is 10.5. The minimum Gasteiger partial charge on any atom is -0.454 e. The van der Waals surface area contributed by atoms with Gasteiger partial charge in [0.05, 0.1) is 0 Å². The molecule has 17 heavy (non-hydrogen) atoms. The lowest BCUT2D eigenvalue weighted by molar-refractivity contribution is -0.162. The smallest absolute Gasteiger partial charge is 0.303 e. The molecule has 2 aliphatic carbocycles. The zero-order chi connectivity index (χ0) is 12.6. The van der Waals surface area contributed by atoms with Gasteiger partial charge >= 0.3 is 5.97 Å². The van der Waals surface area contributed by atoms with Crippen molar-refractivity contribution in [1.29, 1.82) is 0 Å². The monoisotopic (exact) mass is 234 g/mol. The third-order valence-corrected chi connectivity index (χ3v) is 3.91. The summed E-state index contributed by atoms with van der Waals surface area (Å²) in [5.41, 5.74) is 1.06. The molecule has 0 amide bonds. The molecule has 0 aliphatic heterocycles. The lowest BCUT2D eigenvalue weighted by Crippen LogP contribution is -2.49. The number of hydrogen-bond acceptors (Lipinski definition) is 3. The fourth-order valence-electron chi connectivity index (χ4n) is 2.78. The van der Waals surface area contributed by atoms with E-state index < -0.39 is 6.10 Å². The summed E-state index contributed by atoms with van der Waals surface area (Å²) in [5.74, 6) is -0.189. The first-order valence-corrected chi connectivity index (χ1v) is 5.98. The van der Waals surface area contributed by atoms with Crippen LogP contribution in [0, 0.1) is 11.3 Å². The number of hydrogen-bond donors (Lipinski definition) is 0. The largest absolute Gasteiger partial charge is 0.454 e. The Morgan fingerprint density at radius 2 is 2.24 bits per heavy atom. The van der Waals surface area contributed by atoms with Crippen molar-refractivity contribution in [2.24, 2.45) is 11.3 Å². The summed E-state index contributed by atoms with van der Waals surface area (Å²) in [6.45, 7) is 5.49. The number of carbonyl (C=O) groups excluding carboxylic acids is 2. The van der Waals surface area contributed by atoms with Crippen LogP contribution in [0.3, 0.4) is 0 Å². The molecule has 0 fully saturated rings. The van der Waals surface area contributed by atoms with Gasteiger partial charge in [-0.15, -0.1) is 0 Å². The van der Waals surface area contributed by atoms with Gasteiger partial charge in [0, 0.05) is 12.3 Å². The Bertz CT molecular complexity index is 419. The first-order valence-electron chi connectivity index (χ1n) is 5.98. The summed E-state index contributed by atoms with van der Waals surface area (Å²) >= 11 is 0. The van der Waals surface area contributed by atoms with E-state index in [0.29, 0.717) is 0 Å². The summed E-state index contributed by atoms with van der Waals surface area (Å²) in [6, 6.07) is 0. The molecular weight excluding hydrogens is 216 g/mol. The van der Waals surface area contributed by atoms with Crippen LogP contribution in [-0.4, -0.2) is 17.9 Å². The predicted octanol–water partition coefficient (Wildman–Crippen LogP) is 2.42. The maximum Gasteiger partial charge on any atom is 0.303 e. The number of carbonyl (C=O) groups is 2. The van der Waals surface area contributed by atoms with Crippen molar-refractivity contribution in [3.63, 3.8) is 0 Å². The highest BCUT2D eigenvalue weighted by Gasteiger charge is 2.48. The topological polar surface area (TPSA) is 43.4 Å². The third-order valence-electron chi connectivity index (χ3n) is 3.91. The first-order chi connectivity index (χ1) is 7.93. The van der Waals surface area contributed by atoms with Gasteiger partial charge in [0.25, 0.3) is 0 Å². The van der Waals surface area contributed by atoms with E-state index in [1.807, 2.05) is 13.0 Å². The van der Waals surface area contributed by atoms with Crippen molar-refractivity contribution < 1.29 is 14.3 Å². The molecule has 92 valence electrons. The molecule has 0 aromatic carbocycles. The predicted molar refractivity (Wildman–Crippen MR) is 64.3 cm³/mol. The van der Waals surface area contributed by atoms with Crippen molar-refractivity contribution in [1.82, 2.24) is 0 Å². The minimum absolute atomic E-state index is 0.0908. The molecule has 0 saturated heterocycles. The molecule has 3 heteroatoms. The number of fused-ring (bicyclic) bond motifs is 1. The summed E-state index contributed by atoms with van der Waals surface area (Å²) < 4.78 is 5.24. The van der Waals surface area contributed by atoms with Crippen LogP contribution in [-0.2, 0) is 14.3 Å². The first kappa shape index (κ1) is 12.1. The Morgan fingerprint density at radius 1 is 1.53 bits per heavy atom. The van der Waals surface area contributed by atoms with Crippen LogP contribution in [0.2, 0.25) is 0 Å². The molecule has 0 heterocycles. The molecule has 0 bridgehead atoms. The Labute approximate surface area is 102 Å². The van der Waals surface area contributed by atoms with Crippen LogP contribution < -0.4 is 0 Å². The van der Waals surface area contributed by atoms with Gasteiger partial charge in [0.15, 0.2) is 11.9 Å². The molecule has 0 radical (unpaired) electrons. The fraction of sp³-hybridized carbons (Fsp3) is 0.571. The van der Waals surface area contributed by atoms with E-state index >= 15 is 0 Å². The van der Waals surface area contributed by atoms with E-state index in [-0.39, 0.29) is 23.1 Å². The van der Waals surface area contributed by atoms with Crippen LogP contribution in [0.15, 0.2) is 23.8 Å². The van der Waals surface area contributed by atoms with Crippen molar-refractivity contribution in [2.45, 2.75) is 39.7 Å². The highest BCUT2D eigenvalue weighted by molar-refractivity contribution is 5.96. The van der Waals surface area contributed by atoms with E-state index in [1.165, 1.54) is 12.5 Å². The summed E-state index contributed by atoms with van der Waals surface area (Å²) in [7, 11) is 0. The van der Waals surface area contributed by atoms with Gasteiger partial charge in [-0.25, -0.2) is 0 Å². The molecule has 3 nitrogen and oxygen atoms in total. The van der Waals surface area contributed by atoms with Crippen LogP contribution in [0.25, 0.3) is 0 Å². The van der Waals surface area contributed by atoms with Gasteiger partial charge in [-0.3, -0.25) is 9.59 Å². The zero-order valence-electron chi connectivity index (χ0n) is 10.5. The van der Waals surface area contributed by atoms with Gasteiger partial charge < -0.3 is 4.74 Å². The van der Waals surface area contributed by atoms with E-state index in [9.17, 15) is 9.59 Å². The van der Waals surface area contributed by atoms with Gasteiger partial charge in [-0.05, 0) is 31.8 Å². The standard InChI is InChI=1S/C14H18O3/c1-9-6-7-14(3)11(8-9)4-5-12(16)13(14)17-10(2)15/h4-6,11,13H,7-8H2,1-3H3/t11-,13-,14-/m0/s1. The van der Waals surface area contributed by atoms with E-state index in [4.69, 9.17) is 4.74 Å². The van der Waals surface area contributed by atoms with Crippen molar-refractivity contribution in [3.05, 3.63) is 23.8 Å². The maximum absolute atomic E-state index is 11.9. The molecular formula is C14H18O3. The SMILES string of the molecule is CC(=O)O[C@H]1C(=O)C=C[C@H]2CC(C)=CC[C@@]21C. The normalized spacial score (nSPS) is 36.2. The van der Waals surface area contributed by atoms with Gasteiger partial charge in [0.2, 0.25) is 0 Å². The Balaban J connectivity index is 2.34. The number of allylic oxidation sites excluding steroid dienone is 3. The van der Waals surface area contributed by atoms with Gasteiger partial charge in [0.1, 0.15) is 0 Å². The lowest BCUT2D eigenvalue weighted by Gasteiger charge is -2.45. The molecule has 0 spiro atoms. The number of ether oxygens (including phenoxy) is 1. The van der Waals surface area contributed by atoms with Crippen LogP contribution in [0.1, 0.15) is 33.6 Å². The molecule has 0 unspecified atom stereocenters. The highest BCUT2D eigenvalue weighted by atomic mass is 16.5. The Morgan fingerprint density at radius 3 is 2.88 bits per heavy atom. The van der Waals surface area contributed by atoms with Gasteiger partial charge in [-0.2, -0.15) is 0 Å². The molecule has 3 atom stereocenters. The highest BCUT2D eigenvalue weighted by Crippen LogP contribution is 2.47. The molecule has 0 N–H and O–H groups in total. The van der Waals surface area contributed by atoms with Crippen molar-refractivity contribution in [2.75, 3.05) is 0 Å². The number of ketones is 1. The second-order valence-electron chi connectivity index (χ2n) is 5.32.